The van der Waals surface area contributed by atoms with Crippen LogP contribution in [0.2, 0.25) is 0 Å². The lowest BCUT2D eigenvalue weighted by atomic mass is 10.1. The molecule has 1 unspecified atom stereocenters. The maximum atomic E-state index is 12.5. The minimum absolute atomic E-state index is 0.0510. The highest BCUT2D eigenvalue weighted by molar-refractivity contribution is 8.00. The Labute approximate surface area is 127 Å². The molecule has 2 aromatic carbocycles. The molecule has 1 aromatic heterocycles. The van der Waals surface area contributed by atoms with Crippen molar-refractivity contribution in [1.82, 2.24) is 4.57 Å². The molecule has 3 nitrogen and oxygen atoms in total. The number of nitrogens with zero attached hydrogens (tertiary/aromatic N) is 1. The summed E-state index contributed by atoms with van der Waals surface area (Å²) >= 11 is 1.62. The number of nitrogens with one attached hydrogen (secondary N) is 1. The minimum atomic E-state index is -0.203. The minimum Gasteiger partial charge on any atom is -0.350 e. The van der Waals surface area contributed by atoms with Gasteiger partial charge >= 0.3 is 0 Å². The number of rotatable bonds is 1. The van der Waals surface area contributed by atoms with E-state index in [4.69, 9.17) is 0 Å². The normalized spacial score (nSPS) is 17.6. The third-order valence-corrected chi connectivity index (χ3v) is 5.15. The van der Waals surface area contributed by atoms with E-state index in [-0.39, 0.29) is 11.2 Å². The van der Waals surface area contributed by atoms with Crippen LogP contribution in [0.5, 0.6) is 0 Å². The molecule has 1 aliphatic rings. The molecule has 0 saturated carbocycles. The maximum Gasteiger partial charge on any atom is 0.242 e. The van der Waals surface area contributed by atoms with Crippen LogP contribution < -0.4 is 5.32 Å². The van der Waals surface area contributed by atoms with Crippen LogP contribution in [0, 0.1) is 0 Å². The first kappa shape index (κ1) is 12.5. The largest absolute Gasteiger partial charge is 0.350 e. The molecule has 21 heavy (non-hydrogen) atoms. The summed E-state index contributed by atoms with van der Waals surface area (Å²) in [4.78, 5) is 13.6. The van der Waals surface area contributed by atoms with Crippen LogP contribution in [0.4, 0.5) is 5.69 Å². The first-order valence-electron chi connectivity index (χ1n) is 6.84. The molecule has 2 heterocycles. The zero-order chi connectivity index (χ0) is 14.4. The average molecular weight is 294 g/mol. The fourth-order valence-corrected chi connectivity index (χ4v) is 3.98. The van der Waals surface area contributed by atoms with E-state index in [1.165, 1.54) is 0 Å². The fraction of sp³-hybridized carbons (Fsp3) is 0.118. The van der Waals surface area contributed by atoms with E-state index in [0.29, 0.717) is 0 Å². The Morgan fingerprint density at radius 1 is 1.10 bits per heavy atom. The number of hydrogen-bond donors (Lipinski definition) is 1. The number of thioether (sulfide) groups is 1. The van der Waals surface area contributed by atoms with Gasteiger partial charge in [0, 0.05) is 34.6 Å². The quantitative estimate of drug-likeness (QED) is 0.737. The Hall–Kier alpha value is -2.20. The lowest BCUT2D eigenvalue weighted by molar-refractivity contribution is -0.115. The maximum absolute atomic E-state index is 12.5. The molecule has 104 valence electrons. The van der Waals surface area contributed by atoms with Gasteiger partial charge in [0.25, 0.3) is 0 Å². The lowest BCUT2D eigenvalue weighted by Crippen LogP contribution is -2.22. The van der Waals surface area contributed by atoms with Gasteiger partial charge in [-0.1, -0.05) is 30.3 Å². The van der Waals surface area contributed by atoms with E-state index in [9.17, 15) is 4.79 Å². The predicted molar refractivity (Wildman–Crippen MR) is 86.6 cm³/mol. The van der Waals surface area contributed by atoms with Crippen molar-refractivity contribution in [2.45, 2.75) is 10.1 Å². The SMILES string of the molecule is Cn1cc(C2Sc3ccccc3NC2=O)c2ccccc21. The molecule has 1 amide bonds. The zero-order valence-corrected chi connectivity index (χ0v) is 12.4. The first-order chi connectivity index (χ1) is 10.2. The Morgan fingerprint density at radius 2 is 1.86 bits per heavy atom. The fourth-order valence-electron chi connectivity index (χ4n) is 2.84. The third kappa shape index (κ3) is 1.94. The zero-order valence-electron chi connectivity index (χ0n) is 11.5. The van der Waals surface area contributed by atoms with Crippen molar-refractivity contribution in [3.05, 3.63) is 60.3 Å². The van der Waals surface area contributed by atoms with Crippen molar-refractivity contribution in [2.75, 3.05) is 5.32 Å². The van der Waals surface area contributed by atoms with Crippen LogP contribution in [0.3, 0.4) is 0 Å². The van der Waals surface area contributed by atoms with E-state index in [1.807, 2.05) is 37.4 Å². The van der Waals surface area contributed by atoms with E-state index < -0.39 is 0 Å². The Kier molecular flexibility index (Phi) is 2.79. The number of para-hydroxylation sites is 2. The van der Waals surface area contributed by atoms with Gasteiger partial charge in [0.2, 0.25) is 5.91 Å². The Bertz CT molecular complexity index is 853. The number of carbonyl (C=O) groups excluding carboxylic acids is 1. The summed E-state index contributed by atoms with van der Waals surface area (Å²) in [6.07, 6.45) is 2.07. The second-order valence-electron chi connectivity index (χ2n) is 5.20. The van der Waals surface area contributed by atoms with Crippen LogP contribution in [0.1, 0.15) is 10.8 Å². The van der Waals surface area contributed by atoms with E-state index in [2.05, 4.69) is 34.3 Å². The van der Waals surface area contributed by atoms with E-state index in [0.717, 1.165) is 27.0 Å². The van der Waals surface area contributed by atoms with Crippen molar-refractivity contribution in [1.29, 1.82) is 0 Å². The van der Waals surface area contributed by atoms with Crippen molar-refractivity contribution in [3.8, 4) is 0 Å². The lowest BCUT2D eigenvalue weighted by Gasteiger charge is -2.23. The van der Waals surface area contributed by atoms with Gasteiger partial charge in [-0.2, -0.15) is 0 Å². The molecule has 0 radical (unpaired) electrons. The molecule has 4 rings (SSSR count). The highest BCUT2D eigenvalue weighted by Gasteiger charge is 2.30. The molecule has 0 aliphatic carbocycles. The van der Waals surface area contributed by atoms with Gasteiger partial charge in [-0.25, -0.2) is 0 Å². The van der Waals surface area contributed by atoms with Gasteiger partial charge in [-0.3, -0.25) is 4.79 Å². The van der Waals surface area contributed by atoms with Crippen molar-refractivity contribution < 1.29 is 4.79 Å². The summed E-state index contributed by atoms with van der Waals surface area (Å²) in [5.41, 5.74) is 3.13. The molecular weight excluding hydrogens is 280 g/mol. The van der Waals surface area contributed by atoms with Gasteiger partial charge in [0.1, 0.15) is 5.25 Å². The highest BCUT2D eigenvalue weighted by Crippen LogP contribution is 2.45. The molecule has 1 aliphatic heterocycles. The summed E-state index contributed by atoms with van der Waals surface area (Å²) in [7, 11) is 2.02. The standard InChI is InChI=1S/C17H14N2OS/c1-19-10-12(11-6-2-4-8-14(11)19)16-17(20)18-13-7-3-5-9-15(13)21-16/h2-10,16H,1H3,(H,18,20). The molecule has 4 heteroatoms. The van der Waals surface area contributed by atoms with E-state index in [1.54, 1.807) is 11.8 Å². The summed E-state index contributed by atoms with van der Waals surface area (Å²) in [5.74, 6) is 0.0510. The smallest absolute Gasteiger partial charge is 0.242 e. The number of carbonyl (C=O) groups is 1. The number of aryl methyl sites for hydroxylation is 1. The number of anilines is 1. The average Bonchev–Trinajstić information content (AvgIpc) is 2.84. The number of hydrogen-bond acceptors (Lipinski definition) is 2. The first-order valence-corrected chi connectivity index (χ1v) is 7.72. The molecule has 0 saturated heterocycles. The summed E-state index contributed by atoms with van der Waals surface area (Å²) in [5, 5.41) is 3.96. The molecule has 1 atom stereocenters. The monoisotopic (exact) mass is 294 g/mol. The molecule has 0 spiro atoms. The molecule has 0 bridgehead atoms. The number of fused-ring (bicyclic) bond motifs is 2. The van der Waals surface area contributed by atoms with Crippen LogP contribution in [-0.2, 0) is 11.8 Å². The second-order valence-corrected chi connectivity index (χ2v) is 6.34. The van der Waals surface area contributed by atoms with Crippen LogP contribution >= 0.6 is 11.8 Å². The van der Waals surface area contributed by atoms with Gasteiger partial charge in [0.15, 0.2) is 0 Å². The summed E-state index contributed by atoms with van der Waals surface area (Å²) in [6, 6.07) is 16.1. The van der Waals surface area contributed by atoms with E-state index >= 15 is 0 Å². The molecular formula is C17H14N2OS. The number of amides is 1. The molecule has 0 fully saturated rings. The predicted octanol–water partition coefficient (Wildman–Crippen LogP) is 3.96. The molecule has 3 aromatic rings. The van der Waals surface area contributed by atoms with Gasteiger partial charge < -0.3 is 9.88 Å². The summed E-state index contributed by atoms with van der Waals surface area (Å²) < 4.78 is 2.08. The van der Waals surface area contributed by atoms with Crippen molar-refractivity contribution in [2.24, 2.45) is 7.05 Å². The van der Waals surface area contributed by atoms with Crippen LogP contribution in [0.25, 0.3) is 10.9 Å². The third-order valence-electron chi connectivity index (χ3n) is 3.84. The number of benzene rings is 2. The summed E-state index contributed by atoms with van der Waals surface area (Å²) in [6.45, 7) is 0. The van der Waals surface area contributed by atoms with Crippen LogP contribution in [-0.4, -0.2) is 10.5 Å². The Morgan fingerprint density at radius 3 is 2.76 bits per heavy atom. The topological polar surface area (TPSA) is 34.0 Å². The second kappa shape index (κ2) is 4.67. The Balaban J connectivity index is 1.84. The van der Waals surface area contributed by atoms with Gasteiger partial charge in [-0.05, 0) is 18.2 Å². The number of aromatic nitrogens is 1. The van der Waals surface area contributed by atoms with Gasteiger partial charge in [0.05, 0.1) is 5.69 Å². The molecule has 1 N–H and O–H groups in total. The van der Waals surface area contributed by atoms with Crippen molar-refractivity contribution >= 4 is 34.3 Å². The highest BCUT2D eigenvalue weighted by atomic mass is 32.2. The van der Waals surface area contributed by atoms with Crippen molar-refractivity contribution in [3.63, 3.8) is 0 Å². The van der Waals surface area contributed by atoms with Gasteiger partial charge in [-0.15, -0.1) is 11.8 Å². The van der Waals surface area contributed by atoms with Crippen LogP contribution in [0.15, 0.2) is 59.6 Å².